The normalized spacial score (nSPS) is 10.6. The Morgan fingerprint density at radius 2 is 2.00 bits per heavy atom. The summed E-state index contributed by atoms with van der Waals surface area (Å²) in [4.78, 5) is 20.3. The van der Waals surface area contributed by atoms with Gasteiger partial charge in [0.05, 0.1) is 31.6 Å². The second-order valence-electron chi connectivity index (χ2n) is 5.18. The van der Waals surface area contributed by atoms with E-state index in [0.717, 1.165) is 5.82 Å². The van der Waals surface area contributed by atoms with Crippen molar-refractivity contribution in [3.63, 3.8) is 0 Å². The van der Waals surface area contributed by atoms with Crippen molar-refractivity contribution in [2.75, 3.05) is 12.4 Å². The molecule has 0 saturated heterocycles. The highest BCUT2D eigenvalue weighted by Crippen LogP contribution is 2.18. The van der Waals surface area contributed by atoms with E-state index in [1.807, 2.05) is 13.8 Å². The number of hydrogen-bond acceptors (Lipinski definition) is 4. The van der Waals surface area contributed by atoms with E-state index in [1.165, 1.54) is 19.2 Å². The fourth-order valence-electron chi connectivity index (χ4n) is 1.91. The SMILES string of the molecule is COc1ccc(CC(=O)Nc2cnc(C(C)C)nc2)cc1F. The monoisotopic (exact) mass is 303 g/mol. The Labute approximate surface area is 128 Å². The molecule has 1 aromatic heterocycles. The molecule has 1 amide bonds. The second-order valence-corrected chi connectivity index (χ2v) is 5.18. The lowest BCUT2D eigenvalue weighted by molar-refractivity contribution is -0.115. The van der Waals surface area contributed by atoms with Gasteiger partial charge in [-0.1, -0.05) is 19.9 Å². The van der Waals surface area contributed by atoms with Crippen LogP contribution in [-0.2, 0) is 11.2 Å². The van der Waals surface area contributed by atoms with Gasteiger partial charge in [-0.05, 0) is 17.7 Å². The topological polar surface area (TPSA) is 64.1 Å². The van der Waals surface area contributed by atoms with Crippen LogP contribution in [0.4, 0.5) is 10.1 Å². The molecule has 22 heavy (non-hydrogen) atoms. The Morgan fingerprint density at radius 3 is 2.55 bits per heavy atom. The first kappa shape index (κ1) is 15.9. The van der Waals surface area contributed by atoms with Crippen LogP contribution in [-0.4, -0.2) is 23.0 Å². The van der Waals surface area contributed by atoms with Gasteiger partial charge in [0, 0.05) is 5.92 Å². The third-order valence-electron chi connectivity index (χ3n) is 3.05. The molecule has 1 aromatic carbocycles. The second kappa shape index (κ2) is 6.98. The summed E-state index contributed by atoms with van der Waals surface area (Å²) in [6, 6.07) is 4.44. The molecule has 2 aromatic rings. The molecule has 2 rings (SSSR count). The van der Waals surface area contributed by atoms with Crippen molar-refractivity contribution in [1.82, 2.24) is 9.97 Å². The van der Waals surface area contributed by atoms with Gasteiger partial charge in [0.1, 0.15) is 5.82 Å². The van der Waals surface area contributed by atoms with Crippen LogP contribution in [0.3, 0.4) is 0 Å². The summed E-state index contributed by atoms with van der Waals surface area (Å²) in [5, 5.41) is 2.69. The van der Waals surface area contributed by atoms with E-state index in [9.17, 15) is 9.18 Å². The number of ether oxygens (including phenoxy) is 1. The molecule has 0 aliphatic heterocycles. The lowest BCUT2D eigenvalue weighted by Crippen LogP contribution is -2.15. The Hall–Kier alpha value is -2.50. The van der Waals surface area contributed by atoms with E-state index in [2.05, 4.69) is 15.3 Å². The molecule has 5 nitrogen and oxygen atoms in total. The molecule has 0 atom stereocenters. The molecule has 6 heteroatoms. The Morgan fingerprint density at radius 1 is 1.32 bits per heavy atom. The maximum absolute atomic E-state index is 13.6. The van der Waals surface area contributed by atoms with Crippen LogP contribution in [0.5, 0.6) is 5.75 Å². The van der Waals surface area contributed by atoms with Crippen molar-refractivity contribution >= 4 is 11.6 Å². The third kappa shape index (κ3) is 4.00. The molecular weight excluding hydrogens is 285 g/mol. The van der Waals surface area contributed by atoms with Gasteiger partial charge in [-0.3, -0.25) is 4.79 Å². The van der Waals surface area contributed by atoms with E-state index in [-0.39, 0.29) is 24.0 Å². The fourth-order valence-corrected chi connectivity index (χ4v) is 1.91. The number of hydrogen-bond donors (Lipinski definition) is 1. The van der Waals surface area contributed by atoms with Gasteiger partial charge in [0.25, 0.3) is 0 Å². The summed E-state index contributed by atoms with van der Waals surface area (Å²) in [5.74, 6) is 0.354. The van der Waals surface area contributed by atoms with Crippen molar-refractivity contribution in [3.05, 3.63) is 47.8 Å². The average molecular weight is 303 g/mol. The highest BCUT2D eigenvalue weighted by molar-refractivity contribution is 5.91. The number of carbonyl (C=O) groups is 1. The summed E-state index contributed by atoms with van der Waals surface area (Å²) in [6.45, 7) is 3.98. The molecule has 0 saturated carbocycles. The minimum absolute atomic E-state index is 0.0623. The number of carbonyl (C=O) groups excluding carboxylic acids is 1. The number of anilines is 1. The average Bonchev–Trinajstić information content (AvgIpc) is 2.48. The number of halogens is 1. The third-order valence-corrected chi connectivity index (χ3v) is 3.05. The zero-order valence-electron chi connectivity index (χ0n) is 12.8. The molecule has 0 aliphatic rings. The molecular formula is C16H18FN3O2. The smallest absolute Gasteiger partial charge is 0.228 e. The number of nitrogens with zero attached hydrogens (tertiary/aromatic N) is 2. The number of aromatic nitrogens is 2. The van der Waals surface area contributed by atoms with Crippen LogP contribution in [0, 0.1) is 5.82 Å². The van der Waals surface area contributed by atoms with E-state index in [1.54, 1.807) is 18.5 Å². The lowest BCUT2D eigenvalue weighted by atomic mass is 10.1. The number of methoxy groups -OCH3 is 1. The van der Waals surface area contributed by atoms with Crippen LogP contribution < -0.4 is 10.1 Å². The van der Waals surface area contributed by atoms with Crippen molar-refractivity contribution in [1.29, 1.82) is 0 Å². The molecule has 0 unspecified atom stereocenters. The van der Waals surface area contributed by atoms with Gasteiger partial charge < -0.3 is 10.1 Å². The largest absolute Gasteiger partial charge is 0.494 e. The molecule has 1 heterocycles. The minimum atomic E-state index is -0.489. The summed E-state index contributed by atoms with van der Waals surface area (Å²) in [7, 11) is 1.39. The Balaban J connectivity index is 1.99. The Bertz CT molecular complexity index is 657. The van der Waals surface area contributed by atoms with E-state index in [0.29, 0.717) is 11.3 Å². The zero-order valence-corrected chi connectivity index (χ0v) is 12.8. The number of nitrogens with one attached hydrogen (secondary N) is 1. The molecule has 0 bridgehead atoms. The zero-order chi connectivity index (χ0) is 16.1. The maximum Gasteiger partial charge on any atom is 0.228 e. The first-order chi connectivity index (χ1) is 10.5. The maximum atomic E-state index is 13.6. The first-order valence-electron chi connectivity index (χ1n) is 6.93. The van der Waals surface area contributed by atoms with Crippen molar-refractivity contribution in [3.8, 4) is 5.75 Å². The quantitative estimate of drug-likeness (QED) is 0.922. The van der Waals surface area contributed by atoms with Crippen molar-refractivity contribution < 1.29 is 13.9 Å². The van der Waals surface area contributed by atoms with Gasteiger partial charge in [-0.2, -0.15) is 0 Å². The van der Waals surface area contributed by atoms with E-state index in [4.69, 9.17) is 4.74 Å². The summed E-state index contributed by atoms with van der Waals surface area (Å²) in [5.41, 5.74) is 1.08. The Kier molecular flexibility index (Phi) is 5.04. The number of amides is 1. The van der Waals surface area contributed by atoms with Gasteiger partial charge in [-0.25, -0.2) is 14.4 Å². The van der Waals surface area contributed by atoms with Crippen LogP contribution in [0.1, 0.15) is 31.2 Å². The summed E-state index contributed by atoms with van der Waals surface area (Å²) >= 11 is 0. The summed E-state index contributed by atoms with van der Waals surface area (Å²) in [6.07, 6.45) is 3.19. The standard InChI is InChI=1S/C16H18FN3O2/c1-10(2)16-18-8-12(9-19-16)20-15(21)7-11-4-5-14(22-3)13(17)6-11/h4-6,8-10H,7H2,1-3H3,(H,20,21). The fraction of sp³-hybridized carbons (Fsp3) is 0.312. The van der Waals surface area contributed by atoms with E-state index >= 15 is 0 Å². The number of rotatable bonds is 5. The lowest BCUT2D eigenvalue weighted by Gasteiger charge is -2.08. The highest BCUT2D eigenvalue weighted by atomic mass is 19.1. The molecule has 0 radical (unpaired) electrons. The van der Waals surface area contributed by atoms with E-state index < -0.39 is 5.82 Å². The first-order valence-corrected chi connectivity index (χ1v) is 6.93. The minimum Gasteiger partial charge on any atom is -0.494 e. The van der Waals surface area contributed by atoms with Crippen LogP contribution in [0.25, 0.3) is 0 Å². The molecule has 116 valence electrons. The highest BCUT2D eigenvalue weighted by Gasteiger charge is 2.09. The van der Waals surface area contributed by atoms with Gasteiger partial charge in [0.15, 0.2) is 11.6 Å². The van der Waals surface area contributed by atoms with Crippen molar-refractivity contribution in [2.24, 2.45) is 0 Å². The van der Waals surface area contributed by atoms with Crippen LogP contribution in [0.2, 0.25) is 0 Å². The predicted octanol–water partition coefficient (Wildman–Crippen LogP) is 2.93. The van der Waals surface area contributed by atoms with Gasteiger partial charge in [-0.15, -0.1) is 0 Å². The summed E-state index contributed by atoms with van der Waals surface area (Å²) < 4.78 is 18.4. The molecule has 0 spiro atoms. The molecule has 0 fully saturated rings. The van der Waals surface area contributed by atoms with Crippen LogP contribution >= 0.6 is 0 Å². The van der Waals surface area contributed by atoms with Gasteiger partial charge >= 0.3 is 0 Å². The van der Waals surface area contributed by atoms with Crippen LogP contribution in [0.15, 0.2) is 30.6 Å². The molecule has 0 aliphatic carbocycles. The van der Waals surface area contributed by atoms with Gasteiger partial charge in [0.2, 0.25) is 5.91 Å². The number of benzene rings is 1. The van der Waals surface area contributed by atoms with Crippen molar-refractivity contribution in [2.45, 2.75) is 26.2 Å². The predicted molar refractivity (Wildman–Crippen MR) is 81.4 cm³/mol. The molecule has 1 N–H and O–H groups in total.